The van der Waals surface area contributed by atoms with Crippen LogP contribution in [0.5, 0.6) is 0 Å². The molecule has 30 heavy (non-hydrogen) atoms. The highest BCUT2D eigenvalue weighted by atomic mass is 32.2. The van der Waals surface area contributed by atoms with Gasteiger partial charge in [-0.3, -0.25) is 4.79 Å². The molecule has 8 heteroatoms. The number of sulfonamides is 1. The van der Waals surface area contributed by atoms with Crippen LogP contribution in [0.15, 0.2) is 58.4 Å². The quantitative estimate of drug-likeness (QED) is 0.621. The van der Waals surface area contributed by atoms with Crippen molar-refractivity contribution >= 4 is 37.5 Å². The Bertz CT molecular complexity index is 1240. The number of hydrogen-bond acceptors (Lipinski definition) is 4. The highest BCUT2D eigenvalue weighted by Crippen LogP contribution is 2.25. The van der Waals surface area contributed by atoms with Crippen LogP contribution >= 0.6 is 11.3 Å². The first-order valence-electron chi connectivity index (χ1n) is 10.1. The molecule has 1 amide bonds. The molecule has 158 valence electrons. The third-order valence-corrected chi connectivity index (χ3v) is 8.58. The smallest absolute Gasteiger partial charge is 0.252 e. The maximum Gasteiger partial charge on any atom is 0.252 e. The molecule has 0 saturated carbocycles. The van der Waals surface area contributed by atoms with E-state index < -0.39 is 15.9 Å². The average molecular weight is 444 g/mol. The number of carbonyl (C=O) groups excluding carboxylic acids is 1. The molecule has 0 bridgehead atoms. The monoisotopic (exact) mass is 443 g/mol. The van der Waals surface area contributed by atoms with Crippen molar-refractivity contribution in [3.05, 3.63) is 58.9 Å². The summed E-state index contributed by atoms with van der Waals surface area (Å²) in [6.45, 7) is 2.72. The molecule has 1 unspecified atom stereocenters. The van der Waals surface area contributed by atoms with Crippen molar-refractivity contribution in [2.45, 2.75) is 31.1 Å². The minimum Gasteiger partial charge on any atom is -0.319 e. The molecule has 1 aromatic heterocycles. The Balaban J connectivity index is 1.59. The van der Waals surface area contributed by atoms with Crippen LogP contribution in [0, 0.1) is 5.92 Å². The number of fused-ring (bicyclic) bond motifs is 1. The first-order chi connectivity index (χ1) is 14.4. The zero-order valence-corrected chi connectivity index (χ0v) is 18.7. The second-order valence-electron chi connectivity index (χ2n) is 7.56. The van der Waals surface area contributed by atoms with Crippen LogP contribution in [0.3, 0.4) is 0 Å². The number of aryl methyl sites for hydroxylation is 2. The molecule has 3 aromatic rings. The fraction of sp³-hybridized carbons (Fsp3) is 0.364. The normalized spacial score (nSPS) is 18.7. The minimum absolute atomic E-state index is 0.175. The second-order valence-corrected chi connectivity index (χ2v) is 10.5. The lowest BCUT2D eigenvalue weighted by atomic mass is 9.99. The van der Waals surface area contributed by atoms with Crippen molar-refractivity contribution in [3.63, 3.8) is 0 Å². The molecule has 1 saturated heterocycles. The van der Waals surface area contributed by atoms with Crippen molar-refractivity contribution in [3.8, 4) is 0 Å². The Morgan fingerprint density at radius 1 is 1.20 bits per heavy atom. The van der Waals surface area contributed by atoms with Gasteiger partial charge in [-0.1, -0.05) is 42.5 Å². The van der Waals surface area contributed by atoms with Crippen molar-refractivity contribution in [2.24, 2.45) is 18.0 Å². The van der Waals surface area contributed by atoms with Gasteiger partial charge in [-0.2, -0.15) is 9.30 Å². The molecule has 0 N–H and O–H groups in total. The summed E-state index contributed by atoms with van der Waals surface area (Å²) in [4.78, 5) is 18.2. The SMILES string of the molecule is CCc1ccc2c(c1)sc(=NC(=O)C1CCCN(S(=O)(=O)c3ccccc3)C1)n2C. The van der Waals surface area contributed by atoms with Crippen LogP contribution in [0.25, 0.3) is 10.2 Å². The van der Waals surface area contributed by atoms with Gasteiger partial charge >= 0.3 is 0 Å². The lowest BCUT2D eigenvalue weighted by Crippen LogP contribution is -2.42. The molecule has 1 aliphatic rings. The van der Waals surface area contributed by atoms with E-state index in [0.717, 1.165) is 16.6 Å². The van der Waals surface area contributed by atoms with Gasteiger partial charge < -0.3 is 4.57 Å². The van der Waals surface area contributed by atoms with E-state index in [1.807, 2.05) is 11.6 Å². The number of hydrogen-bond donors (Lipinski definition) is 0. The van der Waals surface area contributed by atoms with E-state index in [0.29, 0.717) is 24.2 Å². The van der Waals surface area contributed by atoms with Crippen LogP contribution in [0.2, 0.25) is 0 Å². The fourth-order valence-corrected chi connectivity index (χ4v) is 6.43. The van der Waals surface area contributed by atoms with Crippen LogP contribution in [-0.2, 0) is 28.3 Å². The van der Waals surface area contributed by atoms with Gasteiger partial charge in [0.25, 0.3) is 5.91 Å². The minimum atomic E-state index is -3.60. The summed E-state index contributed by atoms with van der Waals surface area (Å²) in [5.74, 6) is -0.672. The maximum absolute atomic E-state index is 12.9. The van der Waals surface area contributed by atoms with Crippen LogP contribution in [-0.4, -0.2) is 36.3 Å². The number of aromatic nitrogens is 1. The van der Waals surface area contributed by atoms with Gasteiger partial charge in [0.2, 0.25) is 10.0 Å². The summed E-state index contributed by atoms with van der Waals surface area (Å²) in [7, 11) is -1.69. The Kier molecular flexibility index (Phi) is 5.90. The van der Waals surface area contributed by atoms with Gasteiger partial charge in [-0.05, 0) is 49.1 Å². The summed E-state index contributed by atoms with van der Waals surface area (Å²) in [6.07, 6.45) is 2.25. The molecular weight excluding hydrogens is 418 g/mol. The Morgan fingerprint density at radius 2 is 1.97 bits per heavy atom. The molecule has 0 radical (unpaired) electrons. The number of nitrogens with zero attached hydrogens (tertiary/aromatic N) is 3. The number of rotatable bonds is 4. The Hall–Kier alpha value is -2.29. The topological polar surface area (TPSA) is 71.7 Å². The molecule has 2 heterocycles. The van der Waals surface area contributed by atoms with E-state index in [-0.39, 0.29) is 17.3 Å². The van der Waals surface area contributed by atoms with Crippen molar-refractivity contribution < 1.29 is 13.2 Å². The highest BCUT2D eigenvalue weighted by molar-refractivity contribution is 7.89. The molecule has 6 nitrogen and oxygen atoms in total. The molecule has 4 rings (SSSR count). The zero-order valence-electron chi connectivity index (χ0n) is 17.1. The van der Waals surface area contributed by atoms with Crippen LogP contribution in [0.1, 0.15) is 25.3 Å². The van der Waals surface area contributed by atoms with Gasteiger partial charge in [-0.25, -0.2) is 8.42 Å². The third kappa shape index (κ3) is 3.99. The number of piperidine rings is 1. The van der Waals surface area contributed by atoms with Crippen LogP contribution < -0.4 is 4.80 Å². The Morgan fingerprint density at radius 3 is 2.70 bits per heavy atom. The molecule has 1 atom stereocenters. The number of amides is 1. The molecule has 1 fully saturated rings. The van der Waals surface area contributed by atoms with Gasteiger partial charge in [-0.15, -0.1) is 0 Å². The molecule has 0 aliphatic carbocycles. The maximum atomic E-state index is 12.9. The number of thiazole rings is 1. The predicted octanol–water partition coefficient (Wildman–Crippen LogP) is 3.33. The largest absolute Gasteiger partial charge is 0.319 e. The summed E-state index contributed by atoms with van der Waals surface area (Å²) in [5, 5.41) is 0. The standard InChI is InChI=1S/C22H25N3O3S2/c1-3-16-11-12-19-20(14-16)29-22(24(19)2)23-21(26)17-8-7-13-25(15-17)30(27,28)18-9-5-4-6-10-18/h4-6,9-12,14,17H,3,7-8,13,15H2,1-2H3. The van der Waals surface area contributed by atoms with Gasteiger partial charge in [0, 0.05) is 20.1 Å². The van der Waals surface area contributed by atoms with Gasteiger partial charge in [0.15, 0.2) is 4.80 Å². The fourth-order valence-electron chi connectivity index (χ4n) is 3.79. The lowest BCUT2D eigenvalue weighted by Gasteiger charge is -2.30. The zero-order chi connectivity index (χ0) is 21.3. The number of benzene rings is 2. The van der Waals surface area contributed by atoms with E-state index in [4.69, 9.17) is 0 Å². The van der Waals surface area contributed by atoms with Crippen molar-refractivity contribution in [2.75, 3.05) is 13.1 Å². The number of carbonyl (C=O) groups is 1. The summed E-state index contributed by atoms with van der Waals surface area (Å²) in [5.41, 5.74) is 2.29. The summed E-state index contributed by atoms with van der Waals surface area (Å²) >= 11 is 1.49. The predicted molar refractivity (Wildman–Crippen MR) is 119 cm³/mol. The summed E-state index contributed by atoms with van der Waals surface area (Å²) in [6, 6.07) is 14.7. The van der Waals surface area contributed by atoms with E-state index in [1.54, 1.807) is 30.3 Å². The molecular formula is C22H25N3O3S2. The Labute approximate surface area is 180 Å². The van der Waals surface area contributed by atoms with Crippen molar-refractivity contribution in [1.82, 2.24) is 8.87 Å². The second kappa shape index (κ2) is 8.45. The lowest BCUT2D eigenvalue weighted by molar-refractivity contribution is -0.122. The molecule has 0 spiro atoms. The summed E-state index contributed by atoms with van der Waals surface area (Å²) < 4.78 is 30.3. The van der Waals surface area contributed by atoms with Gasteiger partial charge in [0.1, 0.15) is 0 Å². The molecule has 2 aromatic carbocycles. The highest BCUT2D eigenvalue weighted by Gasteiger charge is 2.33. The third-order valence-electron chi connectivity index (χ3n) is 5.60. The van der Waals surface area contributed by atoms with E-state index in [2.05, 4.69) is 30.1 Å². The van der Waals surface area contributed by atoms with E-state index >= 15 is 0 Å². The van der Waals surface area contributed by atoms with E-state index in [1.165, 1.54) is 21.2 Å². The van der Waals surface area contributed by atoms with E-state index in [9.17, 15) is 13.2 Å². The average Bonchev–Trinajstić information content (AvgIpc) is 3.08. The first kappa shape index (κ1) is 21.0. The van der Waals surface area contributed by atoms with Crippen LogP contribution in [0.4, 0.5) is 0 Å². The molecule has 1 aliphatic heterocycles. The van der Waals surface area contributed by atoms with Gasteiger partial charge in [0.05, 0.1) is 21.0 Å². The first-order valence-corrected chi connectivity index (χ1v) is 12.4. The van der Waals surface area contributed by atoms with Crippen molar-refractivity contribution in [1.29, 1.82) is 0 Å².